The highest BCUT2D eigenvalue weighted by molar-refractivity contribution is 7.90. The topological polar surface area (TPSA) is 105 Å². The average Bonchev–Trinajstić information content (AvgIpc) is 2.92. The normalized spacial score (nSPS) is 14.0. The van der Waals surface area contributed by atoms with E-state index in [9.17, 15) is 22.4 Å². The van der Waals surface area contributed by atoms with Crippen molar-refractivity contribution in [2.45, 2.75) is 4.90 Å². The van der Waals surface area contributed by atoms with Crippen molar-refractivity contribution in [1.29, 1.82) is 0 Å². The molecule has 146 valence electrons. The van der Waals surface area contributed by atoms with Gasteiger partial charge in [0.2, 0.25) is 0 Å². The van der Waals surface area contributed by atoms with Gasteiger partial charge in [-0.05, 0) is 30.3 Å². The van der Waals surface area contributed by atoms with Crippen molar-refractivity contribution >= 4 is 33.4 Å². The number of fused-ring (bicyclic) bond motifs is 1. The van der Waals surface area contributed by atoms with Crippen molar-refractivity contribution in [2.24, 2.45) is 4.40 Å². The zero-order valence-electron chi connectivity index (χ0n) is 14.8. The maximum atomic E-state index is 13.1. The highest BCUT2D eigenvalue weighted by Gasteiger charge is 2.31. The Morgan fingerprint density at radius 2 is 1.93 bits per heavy atom. The van der Waals surface area contributed by atoms with Gasteiger partial charge in [0.1, 0.15) is 17.3 Å². The van der Waals surface area contributed by atoms with Gasteiger partial charge in [-0.3, -0.25) is 9.59 Å². The van der Waals surface area contributed by atoms with Crippen LogP contribution in [0.3, 0.4) is 0 Å². The fourth-order valence-corrected chi connectivity index (χ4v) is 3.84. The van der Waals surface area contributed by atoms with Crippen LogP contribution in [0, 0.1) is 5.82 Å². The van der Waals surface area contributed by atoms with Gasteiger partial charge in [-0.15, -0.1) is 4.40 Å². The van der Waals surface area contributed by atoms with E-state index in [-0.39, 0.29) is 23.0 Å². The van der Waals surface area contributed by atoms with E-state index < -0.39 is 34.3 Å². The minimum atomic E-state index is -3.80. The smallest absolute Gasteiger partial charge is 0.326 e. The molecule has 2 aromatic carbocycles. The quantitative estimate of drug-likeness (QED) is 0.754. The Kier molecular flexibility index (Phi) is 5.41. The van der Waals surface area contributed by atoms with Crippen LogP contribution in [0.25, 0.3) is 0 Å². The second kappa shape index (κ2) is 7.77. The number of amides is 1. The Morgan fingerprint density at radius 3 is 2.68 bits per heavy atom. The Morgan fingerprint density at radius 1 is 1.18 bits per heavy atom. The molecule has 0 atom stereocenters. The number of anilines is 1. The minimum absolute atomic E-state index is 0.0692. The van der Waals surface area contributed by atoms with E-state index in [1.165, 1.54) is 36.2 Å². The maximum Gasteiger partial charge on any atom is 0.326 e. The molecular formula is C18H16FN3O5S. The first-order valence-electron chi connectivity index (χ1n) is 8.13. The number of ether oxygens (including phenoxy) is 1. The molecule has 0 saturated carbocycles. The molecule has 0 aliphatic carbocycles. The summed E-state index contributed by atoms with van der Waals surface area (Å²) in [4.78, 5) is 25.2. The third-order valence-corrected chi connectivity index (χ3v) is 5.14. The molecule has 1 N–H and O–H groups in total. The molecule has 1 aliphatic rings. The van der Waals surface area contributed by atoms with Gasteiger partial charge in [0.05, 0.1) is 0 Å². The molecule has 1 aliphatic heterocycles. The summed E-state index contributed by atoms with van der Waals surface area (Å²) in [6.45, 7) is -0.875. The zero-order chi connectivity index (χ0) is 20.3. The highest BCUT2D eigenvalue weighted by atomic mass is 32.2. The van der Waals surface area contributed by atoms with E-state index in [1.807, 2.05) is 0 Å². The summed E-state index contributed by atoms with van der Waals surface area (Å²) < 4.78 is 45.8. The number of carbonyl (C=O) groups is 2. The van der Waals surface area contributed by atoms with Gasteiger partial charge in [-0.25, -0.2) is 4.39 Å². The first-order chi connectivity index (χ1) is 13.3. The third kappa shape index (κ3) is 4.34. The fraction of sp³-hybridized carbons (Fsp3) is 0.167. The lowest BCUT2D eigenvalue weighted by atomic mass is 10.2. The molecule has 0 unspecified atom stereocenters. The van der Waals surface area contributed by atoms with E-state index in [1.54, 1.807) is 18.2 Å². The second-order valence-corrected chi connectivity index (χ2v) is 7.53. The minimum Gasteiger partial charge on any atom is -0.454 e. The summed E-state index contributed by atoms with van der Waals surface area (Å²) in [5, 5.41) is 2.40. The number of sulfonamides is 1. The molecule has 10 heteroatoms. The lowest BCUT2D eigenvalue weighted by Gasteiger charge is -2.17. The van der Waals surface area contributed by atoms with Crippen LogP contribution in [0.1, 0.15) is 5.56 Å². The molecule has 1 amide bonds. The Labute approximate surface area is 160 Å². The number of likely N-dealkylation sites (N-methyl/N-ethyl adjacent to an activating group) is 1. The van der Waals surface area contributed by atoms with Gasteiger partial charge in [-0.2, -0.15) is 8.42 Å². The molecule has 1 heterocycles. The summed E-state index contributed by atoms with van der Waals surface area (Å²) in [7, 11) is -2.31. The molecule has 2 aromatic rings. The largest absolute Gasteiger partial charge is 0.454 e. The standard InChI is InChI=1S/C18H16FN3O5S/c1-22(18-14-7-2-3-8-15(14)28(25,26)21-18)10-17(24)27-11-16(23)20-13-6-4-5-12(19)9-13/h2-9H,10-11H2,1H3,(H,20,23). The molecule has 8 nitrogen and oxygen atoms in total. The monoisotopic (exact) mass is 405 g/mol. The molecule has 0 aromatic heterocycles. The summed E-state index contributed by atoms with van der Waals surface area (Å²) >= 11 is 0. The van der Waals surface area contributed by atoms with Crippen molar-refractivity contribution in [2.75, 3.05) is 25.5 Å². The average molecular weight is 405 g/mol. The number of hydrogen-bond donors (Lipinski definition) is 1. The number of nitrogens with one attached hydrogen (secondary N) is 1. The molecular weight excluding hydrogens is 389 g/mol. The summed E-state index contributed by atoms with van der Waals surface area (Å²) in [6.07, 6.45) is 0. The number of amidine groups is 1. The van der Waals surface area contributed by atoms with Crippen LogP contribution in [0.5, 0.6) is 0 Å². The lowest BCUT2D eigenvalue weighted by Crippen LogP contribution is -2.34. The number of halogens is 1. The van der Waals surface area contributed by atoms with E-state index in [0.717, 1.165) is 6.07 Å². The van der Waals surface area contributed by atoms with Gasteiger partial charge in [-0.1, -0.05) is 18.2 Å². The Hall–Kier alpha value is -3.27. The SMILES string of the molecule is CN(CC(=O)OCC(=O)Nc1cccc(F)c1)C1=NS(=O)(=O)c2ccccc21. The molecule has 0 fully saturated rings. The number of rotatable bonds is 5. The van der Waals surface area contributed by atoms with Crippen LogP contribution in [0.2, 0.25) is 0 Å². The molecule has 3 rings (SSSR count). The number of nitrogens with zero attached hydrogens (tertiary/aromatic N) is 2. The summed E-state index contributed by atoms with van der Waals surface area (Å²) in [5.41, 5.74) is 0.627. The van der Waals surface area contributed by atoms with E-state index in [4.69, 9.17) is 4.74 Å². The molecule has 0 radical (unpaired) electrons. The van der Waals surface area contributed by atoms with E-state index in [0.29, 0.717) is 5.56 Å². The van der Waals surface area contributed by atoms with Crippen molar-refractivity contribution in [3.05, 3.63) is 59.9 Å². The lowest BCUT2D eigenvalue weighted by molar-refractivity contribution is -0.147. The van der Waals surface area contributed by atoms with Crippen LogP contribution < -0.4 is 5.32 Å². The predicted octanol–water partition coefficient (Wildman–Crippen LogP) is 1.39. The number of esters is 1. The van der Waals surface area contributed by atoms with Gasteiger partial charge in [0, 0.05) is 18.3 Å². The van der Waals surface area contributed by atoms with Gasteiger partial charge >= 0.3 is 5.97 Å². The fourth-order valence-electron chi connectivity index (χ4n) is 2.59. The summed E-state index contributed by atoms with van der Waals surface area (Å²) in [6, 6.07) is 11.6. The van der Waals surface area contributed by atoms with Crippen LogP contribution in [-0.2, 0) is 24.3 Å². The van der Waals surface area contributed by atoms with Crippen molar-refractivity contribution in [3.8, 4) is 0 Å². The highest BCUT2D eigenvalue weighted by Crippen LogP contribution is 2.26. The predicted molar refractivity (Wildman–Crippen MR) is 98.8 cm³/mol. The number of carbonyl (C=O) groups excluding carboxylic acids is 2. The first-order valence-corrected chi connectivity index (χ1v) is 9.57. The number of benzene rings is 2. The Balaban J connectivity index is 1.56. The van der Waals surface area contributed by atoms with Crippen LogP contribution in [0.4, 0.5) is 10.1 Å². The van der Waals surface area contributed by atoms with Gasteiger partial charge in [0.25, 0.3) is 15.9 Å². The third-order valence-electron chi connectivity index (χ3n) is 3.81. The zero-order valence-corrected chi connectivity index (χ0v) is 15.6. The van der Waals surface area contributed by atoms with Gasteiger partial charge < -0.3 is 15.0 Å². The molecule has 0 saturated heterocycles. The molecule has 0 spiro atoms. The number of hydrogen-bond acceptors (Lipinski definition) is 6. The maximum absolute atomic E-state index is 13.1. The molecule has 28 heavy (non-hydrogen) atoms. The van der Waals surface area contributed by atoms with Crippen molar-refractivity contribution in [1.82, 2.24) is 4.90 Å². The van der Waals surface area contributed by atoms with Crippen molar-refractivity contribution in [3.63, 3.8) is 0 Å². The first kappa shape index (κ1) is 19.5. The van der Waals surface area contributed by atoms with Crippen LogP contribution >= 0.6 is 0 Å². The second-order valence-electron chi connectivity index (χ2n) is 5.96. The van der Waals surface area contributed by atoms with E-state index in [2.05, 4.69) is 9.71 Å². The summed E-state index contributed by atoms with van der Waals surface area (Å²) in [5.74, 6) is -1.77. The molecule has 0 bridgehead atoms. The van der Waals surface area contributed by atoms with E-state index >= 15 is 0 Å². The Bertz CT molecular complexity index is 1070. The van der Waals surface area contributed by atoms with Crippen LogP contribution in [-0.4, -0.2) is 51.2 Å². The van der Waals surface area contributed by atoms with Gasteiger partial charge in [0.15, 0.2) is 12.4 Å². The van der Waals surface area contributed by atoms with Crippen LogP contribution in [0.15, 0.2) is 57.8 Å². The van der Waals surface area contributed by atoms with Crippen molar-refractivity contribution < 1.29 is 27.1 Å².